The van der Waals surface area contributed by atoms with E-state index >= 15 is 0 Å². The Hall–Kier alpha value is -2.16. The molecule has 2 aromatic rings. The van der Waals surface area contributed by atoms with Crippen LogP contribution in [0, 0.1) is 13.8 Å². The monoisotopic (exact) mass is 269 g/mol. The van der Waals surface area contributed by atoms with Gasteiger partial charge in [0.15, 0.2) is 0 Å². The molecule has 1 unspecified atom stereocenters. The third kappa shape index (κ3) is 3.67. The van der Waals surface area contributed by atoms with Gasteiger partial charge < -0.3 is 5.11 Å². The summed E-state index contributed by atoms with van der Waals surface area (Å²) in [5, 5.41) is 9.13. The molecule has 1 heterocycles. The van der Waals surface area contributed by atoms with Crippen LogP contribution in [0.5, 0.6) is 0 Å². The molecular weight excluding hydrogens is 250 g/mol. The number of carbonyl (C=O) groups is 1. The largest absolute Gasteiger partial charge is 0.481 e. The zero-order valence-electron chi connectivity index (χ0n) is 11.8. The number of aromatic nitrogens is 1. The van der Waals surface area contributed by atoms with Crippen LogP contribution in [0.1, 0.15) is 34.6 Å². The fourth-order valence-corrected chi connectivity index (χ4v) is 2.42. The summed E-state index contributed by atoms with van der Waals surface area (Å²) < 4.78 is 0. The molecular formula is C17H19NO2. The molecule has 0 saturated heterocycles. The van der Waals surface area contributed by atoms with E-state index in [-0.39, 0.29) is 12.3 Å². The Labute approximate surface area is 119 Å². The molecule has 1 aromatic carbocycles. The highest BCUT2D eigenvalue weighted by molar-refractivity contribution is 5.68. The molecule has 20 heavy (non-hydrogen) atoms. The average molecular weight is 269 g/mol. The molecule has 104 valence electrons. The third-order valence-corrected chi connectivity index (χ3v) is 3.55. The second-order valence-electron chi connectivity index (χ2n) is 5.22. The highest BCUT2D eigenvalue weighted by Crippen LogP contribution is 2.25. The highest BCUT2D eigenvalue weighted by atomic mass is 16.4. The van der Waals surface area contributed by atoms with E-state index in [0.29, 0.717) is 0 Å². The van der Waals surface area contributed by atoms with Gasteiger partial charge in [0.1, 0.15) is 0 Å². The molecule has 2 rings (SSSR count). The van der Waals surface area contributed by atoms with Crippen LogP contribution in [-0.2, 0) is 11.2 Å². The van der Waals surface area contributed by atoms with Crippen LogP contribution in [0.15, 0.2) is 42.7 Å². The van der Waals surface area contributed by atoms with Gasteiger partial charge in [0.05, 0.1) is 6.42 Å². The lowest BCUT2D eigenvalue weighted by Crippen LogP contribution is -2.10. The van der Waals surface area contributed by atoms with Crippen molar-refractivity contribution in [1.29, 1.82) is 0 Å². The Morgan fingerprint density at radius 1 is 1.30 bits per heavy atom. The van der Waals surface area contributed by atoms with Gasteiger partial charge in [-0.25, -0.2) is 0 Å². The number of carboxylic acids is 1. The lowest BCUT2D eigenvalue weighted by Gasteiger charge is -2.17. The third-order valence-electron chi connectivity index (χ3n) is 3.55. The maximum absolute atomic E-state index is 11.1. The second-order valence-corrected chi connectivity index (χ2v) is 5.22. The second kappa shape index (κ2) is 6.33. The zero-order chi connectivity index (χ0) is 14.5. The quantitative estimate of drug-likeness (QED) is 0.903. The Morgan fingerprint density at radius 3 is 2.75 bits per heavy atom. The summed E-state index contributed by atoms with van der Waals surface area (Å²) in [5.41, 5.74) is 4.59. The molecule has 0 radical (unpaired) electrons. The first-order valence-corrected chi connectivity index (χ1v) is 6.74. The Balaban J connectivity index is 2.28. The Bertz CT molecular complexity index is 593. The number of aryl methyl sites for hydroxylation is 2. The van der Waals surface area contributed by atoms with E-state index in [2.05, 4.69) is 37.0 Å². The summed E-state index contributed by atoms with van der Waals surface area (Å²) in [6.45, 7) is 4.12. The topological polar surface area (TPSA) is 50.2 Å². The molecule has 0 aliphatic rings. The number of hydrogen-bond acceptors (Lipinski definition) is 2. The molecule has 0 saturated carbocycles. The number of nitrogens with zero attached hydrogens (tertiary/aromatic N) is 1. The van der Waals surface area contributed by atoms with Gasteiger partial charge in [-0.15, -0.1) is 0 Å². The van der Waals surface area contributed by atoms with Crippen LogP contribution in [0.2, 0.25) is 0 Å². The average Bonchev–Trinajstić information content (AvgIpc) is 2.42. The van der Waals surface area contributed by atoms with Gasteiger partial charge in [-0.1, -0.05) is 29.8 Å². The van der Waals surface area contributed by atoms with Crippen LogP contribution in [0.4, 0.5) is 0 Å². The first-order valence-electron chi connectivity index (χ1n) is 6.74. The van der Waals surface area contributed by atoms with Gasteiger partial charge in [0, 0.05) is 12.4 Å². The smallest absolute Gasteiger partial charge is 0.303 e. The van der Waals surface area contributed by atoms with E-state index in [1.165, 1.54) is 16.7 Å². The number of pyridine rings is 1. The van der Waals surface area contributed by atoms with Gasteiger partial charge >= 0.3 is 5.97 Å². The predicted octanol–water partition coefficient (Wildman–Crippen LogP) is 3.50. The number of benzene rings is 1. The molecule has 0 spiro atoms. The van der Waals surface area contributed by atoms with Crippen LogP contribution < -0.4 is 0 Å². The Morgan fingerprint density at radius 2 is 2.10 bits per heavy atom. The lowest BCUT2D eigenvalue weighted by atomic mass is 9.88. The molecule has 3 nitrogen and oxygen atoms in total. The van der Waals surface area contributed by atoms with Crippen molar-refractivity contribution in [2.24, 2.45) is 0 Å². The normalized spacial score (nSPS) is 12.1. The summed E-state index contributed by atoms with van der Waals surface area (Å²) >= 11 is 0. The predicted molar refractivity (Wildman–Crippen MR) is 78.9 cm³/mol. The van der Waals surface area contributed by atoms with Crippen molar-refractivity contribution in [2.75, 3.05) is 0 Å². The standard InChI is InChI=1S/C17H19NO2/c1-12-5-6-13(2)15(8-12)9-16(10-17(19)20)14-4-3-7-18-11-14/h3-8,11,16H,9-10H2,1-2H3,(H,19,20). The zero-order valence-corrected chi connectivity index (χ0v) is 11.8. The molecule has 1 N–H and O–H groups in total. The van der Waals surface area contributed by atoms with Gasteiger partial charge in [-0.3, -0.25) is 9.78 Å². The van der Waals surface area contributed by atoms with Gasteiger partial charge in [-0.05, 0) is 48.9 Å². The minimum Gasteiger partial charge on any atom is -0.481 e. The number of hydrogen-bond donors (Lipinski definition) is 1. The molecule has 0 aliphatic carbocycles. The summed E-state index contributed by atoms with van der Waals surface area (Å²) in [4.78, 5) is 15.2. The maximum Gasteiger partial charge on any atom is 0.303 e. The van der Waals surface area contributed by atoms with Crippen molar-refractivity contribution in [1.82, 2.24) is 4.98 Å². The minimum atomic E-state index is -0.774. The molecule has 3 heteroatoms. The summed E-state index contributed by atoms with van der Waals surface area (Å²) in [6, 6.07) is 10.1. The van der Waals surface area contributed by atoms with Gasteiger partial charge in [0.2, 0.25) is 0 Å². The molecule has 0 aliphatic heterocycles. The van der Waals surface area contributed by atoms with E-state index in [4.69, 9.17) is 5.11 Å². The summed E-state index contributed by atoms with van der Waals surface area (Å²) in [6.07, 6.45) is 4.32. The van der Waals surface area contributed by atoms with E-state index in [9.17, 15) is 4.79 Å². The van der Waals surface area contributed by atoms with Crippen molar-refractivity contribution in [3.05, 3.63) is 65.0 Å². The van der Waals surface area contributed by atoms with Crippen LogP contribution in [0.25, 0.3) is 0 Å². The number of carboxylic acid groups (broad SMARTS) is 1. The van der Waals surface area contributed by atoms with Crippen molar-refractivity contribution in [2.45, 2.75) is 32.6 Å². The lowest BCUT2D eigenvalue weighted by molar-refractivity contribution is -0.137. The molecule has 0 bridgehead atoms. The fourth-order valence-electron chi connectivity index (χ4n) is 2.42. The van der Waals surface area contributed by atoms with Crippen molar-refractivity contribution >= 4 is 5.97 Å². The van der Waals surface area contributed by atoms with E-state index in [0.717, 1.165) is 12.0 Å². The minimum absolute atomic E-state index is 0.0401. The maximum atomic E-state index is 11.1. The van der Waals surface area contributed by atoms with Crippen molar-refractivity contribution < 1.29 is 9.90 Å². The molecule has 1 atom stereocenters. The van der Waals surface area contributed by atoms with Crippen LogP contribution in [0.3, 0.4) is 0 Å². The van der Waals surface area contributed by atoms with E-state index in [1.54, 1.807) is 12.4 Å². The summed E-state index contributed by atoms with van der Waals surface area (Å²) in [5.74, 6) is -0.814. The Kier molecular flexibility index (Phi) is 4.51. The number of rotatable bonds is 5. The van der Waals surface area contributed by atoms with Crippen molar-refractivity contribution in [3.8, 4) is 0 Å². The van der Waals surface area contributed by atoms with E-state index < -0.39 is 5.97 Å². The van der Waals surface area contributed by atoms with Crippen LogP contribution >= 0.6 is 0 Å². The number of aliphatic carboxylic acids is 1. The molecule has 0 fully saturated rings. The fraction of sp³-hybridized carbons (Fsp3) is 0.294. The van der Waals surface area contributed by atoms with Gasteiger partial charge in [0.25, 0.3) is 0 Å². The SMILES string of the molecule is Cc1ccc(C)c(CC(CC(=O)O)c2cccnc2)c1. The molecule has 1 aromatic heterocycles. The van der Waals surface area contributed by atoms with Crippen LogP contribution in [-0.4, -0.2) is 16.1 Å². The van der Waals surface area contributed by atoms with E-state index in [1.807, 2.05) is 12.1 Å². The molecule has 0 amide bonds. The van der Waals surface area contributed by atoms with Crippen molar-refractivity contribution in [3.63, 3.8) is 0 Å². The van der Waals surface area contributed by atoms with Gasteiger partial charge in [-0.2, -0.15) is 0 Å². The highest BCUT2D eigenvalue weighted by Gasteiger charge is 2.17. The first kappa shape index (κ1) is 14.3. The first-order chi connectivity index (χ1) is 9.56. The summed E-state index contributed by atoms with van der Waals surface area (Å²) in [7, 11) is 0.